The number of anilines is 1. The molecule has 1 aliphatic rings. The van der Waals surface area contributed by atoms with E-state index in [-0.39, 0.29) is 5.91 Å². The van der Waals surface area contributed by atoms with E-state index in [1.807, 2.05) is 11.8 Å². The molecule has 1 aliphatic heterocycles. The number of amides is 1. The molecule has 1 atom stereocenters. The zero-order chi connectivity index (χ0) is 18.4. The van der Waals surface area contributed by atoms with E-state index in [1.165, 1.54) is 4.90 Å². The summed E-state index contributed by atoms with van der Waals surface area (Å²) in [5, 5.41) is 2.83. The maximum atomic E-state index is 12.4. The van der Waals surface area contributed by atoms with Gasteiger partial charge in [-0.1, -0.05) is 0 Å². The molecule has 1 unspecified atom stereocenters. The second kappa shape index (κ2) is 8.53. The van der Waals surface area contributed by atoms with Gasteiger partial charge in [0.1, 0.15) is 5.75 Å². The number of benzene rings is 1. The molecule has 0 radical (unpaired) electrons. The molecule has 0 spiro atoms. The Hall–Kier alpha value is -1.80. The van der Waals surface area contributed by atoms with Gasteiger partial charge >= 0.3 is 6.18 Å². The molecule has 1 amide bonds. The fourth-order valence-electron chi connectivity index (χ4n) is 2.78. The van der Waals surface area contributed by atoms with Crippen molar-refractivity contribution in [2.24, 2.45) is 0 Å². The third kappa shape index (κ3) is 6.21. The monoisotopic (exact) mass is 359 g/mol. The number of ether oxygens (including phenoxy) is 1. The van der Waals surface area contributed by atoms with Crippen molar-refractivity contribution in [3.8, 4) is 5.75 Å². The molecule has 1 aromatic rings. The van der Waals surface area contributed by atoms with Gasteiger partial charge in [0.15, 0.2) is 0 Å². The SMILES string of the molecule is CCOc1ccc(NC(=O)C(C)N2CCN(CC(F)(F)F)CC2)cc1. The summed E-state index contributed by atoms with van der Waals surface area (Å²) in [6.07, 6.45) is -4.18. The fourth-order valence-corrected chi connectivity index (χ4v) is 2.78. The van der Waals surface area contributed by atoms with Crippen LogP contribution in [0.2, 0.25) is 0 Å². The lowest BCUT2D eigenvalue weighted by atomic mass is 10.2. The van der Waals surface area contributed by atoms with Crippen LogP contribution in [0.1, 0.15) is 13.8 Å². The van der Waals surface area contributed by atoms with Crippen LogP contribution in [-0.4, -0.2) is 67.3 Å². The predicted molar refractivity (Wildman–Crippen MR) is 89.8 cm³/mol. The summed E-state index contributed by atoms with van der Waals surface area (Å²) in [7, 11) is 0. The Kier molecular flexibility index (Phi) is 6.66. The van der Waals surface area contributed by atoms with Gasteiger partial charge in [0.2, 0.25) is 5.91 Å². The van der Waals surface area contributed by atoms with Crippen LogP contribution >= 0.6 is 0 Å². The summed E-state index contributed by atoms with van der Waals surface area (Å²) < 4.78 is 42.6. The molecule has 5 nitrogen and oxygen atoms in total. The van der Waals surface area contributed by atoms with Gasteiger partial charge in [0, 0.05) is 31.9 Å². The number of hydrogen-bond acceptors (Lipinski definition) is 4. The highest BCUT2D eigenvalue weighted by atomic mass is 19.4. The maximum Gasteiger partial charge on any atom is 0.401 e. The van der Waals surface area contributed by atoms with Crippen molar-refractivity contribution in [2.75, 3.05) is 44.6 Å². The number of nitrogens with one attached hydrogen (secondary N) is 1. The first kappa shape index (κ1) is 19.5. The van der Waals surface area contributed by atoms with Gasteiger partial charge in [-0.25, -0.2) is 0 Å². The van der Waals surface area contributed by atoms with E-state index in [0.29, 0.717) is 38.5 Å². The molecule has 2 rings (SSSR count). The van der Waals surface area contributed by atoms with Crippen LogP contribution in [0.15, 0.2) is 24.3 Å². The van der Waals surface area contributed by atoms with Crippen LogP contribution in [0.25, 0.3) is 0 Å². The third-order valence-electron chi connectivity index (χ3n) is 4.17. The van der Waals surface area contributed by atoms with Crippen molar-refractivity contribution in [1.29, 1.82) is 0 Å². The molecule has 0 aromatic heterocycles. The van der Waals surface area contributed by atoms with Gasteiger partial charge in [-0.15, -0.1) is 0 Å². The smallest absolute Gasteiger partial charge is 0.401 e. The van der Waals surface area contributed by atoms with Gasteiger partial charge in [-0.2, -0.15) is 13.2 Å². The molecule has 0 saturated carbocycles. The molecule has 1 aromatic carbocycles. The third-order valence-corrected chi connectivity index (χ3v) is 4.17. The van der Waals surface area contributed by atoms with E-state index in [4.69, 9.17) is 4.74 Å². The Morgan fingerprint density at radius 3 is 2.32 bits per heavy atom. The van der Waals surface area contributed by atoms with Crippen molar-refractivity contribution < 1.29 is 22.7 Å². The van der Waals surface area contributed by atoms with Crippen LogP contribution in [-0.2, 0) is 4.79 Å². The minimum atomic E-state index is -4.18. The van der Waals surface area contributed by atoms with Gasteiger partial charge in [0.25, 0.3) is 0 Å². The topological polar surface area (TPSA) is 44.8 Å². The van der Waals surface area contributed by atoms with Gasteiger partial charge in [-0.3, -0.25) is 14.6 Å². The average molecular weight is 359 g/mol. The normalized spacial score (nSPS) is 18.0. The van der Waals surface area contributed by atoms with Gasteiger partial charge in [-0.05, 0) is 38.1 Å². The summed E-state index contributed by atoms with van der Waals surface area (Å²) in [6.45, 7) is 4.83. The van der Waals surface area contributed by atoms with Crippen molar-refractivity contribution in [3.05, 3.63) is 24.3 Å². The van der Waals surface area contributed by atoms with E-state index in [2.05, 4.69) is 5.32 Å². The van der Waals surface area contributed by atoms with Crippen LogP contribution in [0.4, 0.5) is 18.9 Å². The summed E-state index contributed by atoms with van der Waals surface area (Å²) in [5.41, 5.74) is 0.663. The van der Waals surface area contributed by atoms with Crippen molar-refractivity contribution in [2.45, 2.75) is 26.1 Å². The minimum Gasteiger partial charge on any atom is -0.494 e. The molecule has 1 N–H and O–H groups in total. The lowest BCUT2D eigenvalue weighted by molar-refractivity contribution is -0.150. The lowest BCUT2D eigenvalue weighted by Gasteiger charge is -2.37. The highest BCUT2D eigenvalue weighted by molar-refractivity contribution is 5.94. The zero-order valence-electron chi connectivity index (χ0n) is 14.5. The fraction of sp³-hybridized carbons (Fsp3) is 0.588. The molecule has 8 heteroatoms. The van der Waals surface area contributed by atoms with E-state index < -0.39 is 18.8 Å². The number of alkyl halides is 3. The standard InChI is InChI=1S/C17H24F3N3O2/c1-3-25-15-6-4-14(5-7-15)21-16(24)13(2)23-10-8-22(9-11-23)12-17(18,19)20/h4-7,13H,3,8-12H2,1-2H3,(H,21,24). The average Bonchev–Trinajstić information content (AvgIpc) is 2.55. The Morgan fingerprint density at radius 2 is 1.80 bits per heavy atom. The van der Waals surface area contributed by atoms with Crippen LogP contribution in [0.3, 0.4) is 0 Å². The molecule has 1 saturated heterocycles. The molecule has 25 heavy (non-hydrogen) atoms. The number of halogens is 3. The van der Waals surface area contributed by atoms with E-state index >= 15 is 0 Å². The Morgan fingerprint density at radius 1 is 1.20 bits per heavy atom. The number of rotatable bonds is 6. The summed E-state index contributed by atoms with van der Waals surface area (Å²) >= 11 is 0. The van der Waals surface area contributed by atoms with Crippen molar-refractivity contribution in [1.82, 2.24) is 9.80 Å². The quantitative estimate of drug-likeness (QED) is 0.848. The summed E-state index contributed by atoms with van der Waals surface area (Å²) in [5.74, 6) is 0.558. The Labute approximate surface area is 145 Å². The summed E-state index contributed by atoms with van der Waals surface area (Å²) in [6, 6.07) is 6.67. The van der Waals surface area contributed by atoms with E-state index in [9.17, 15) is 18.0 Å². The van der Waals surface area contributed by atoms with Crippen LogP contribution in [0, 0.1) is 0 Å². The molecular weight excluding hydrogens is 335 g/mol. The summed E-state index contributed by atoms with van der Waals surface area (Å²) in [4.78, 5) is 15.6. The second-order valence-electron chi connectivity index (χ2n) is 6.05. The second-order valence-corrected chi connectivity index (χ2v) is 6.05. The first-order chi connectivity index (χ1) is 11.8. The molecule has 140 valence electrons. The maximum absolute atomic E-state index is 12.4. The lowest BCUT2D eigenvalue weighted by Crippen LogP contribution is -2.54. The number of piperazine rings is 1. The van der Waals surface area contributed by atoms with E-state index in [0.717, 1.165) is 5.75 Å². The van der Waals surface area contributed by atoms with Crippen molar-refractivity contribution in [3.63, 3.8) is 0 Å². The van der Waals surface area contributed by atoms with E-state index in [1.54, 1.807) is 31.2 Å². The van der Waals surface area contributed by atoms with Crippen LogP contribution in [0.5, 0.6) is 5.75 Å². The molecule has 1 fully saturated rings. The minimum absolute atomic E-state index is 0.173. The largest absolute Gasteiger partial charge is 0.494 e. The van der Waals surface area contributed by atoms with Gasteiger partial charge < -0.3 is 10.1 Å². The van der Waals surface area contributed by atoms with Crippen molar-refractivity contribution >= 4 is 11.6 Å². The highest BCUT2D eigenvalue weighted by Gasteiger charge is 2.33. The number of nitrogens with zero attached hydrogens (tertiary/aromatic N) is 2. The predicted octanol–water partition coefficient (Wildman–Crippen LogP) is 2.59. The van der Waals surface area contributed by atoms with Crippen LogP contribution < -0.4 is 10.1 Å². The molecule has 1 heterocycles. The van der Waals surface area contributed by atoms with Gasteiger partial charge in [0.05, 0.1) is 19.2 Å². The zero-order valence-corrected chi connectivity index (χ0v) is 14.5. The number of carbonyl (C=O) groups excluding carboxylic acids is 1. The highest BCUT2D eigenvalue weighted by Crippen LogP contribution is 2.19. The molecular formula is C17H24F3N3O2. The molecule has 0 bridgehead atoms. The number of carbonyl (C=O) groups is 1. The Bertz CT molecular complexity index is 555. The number of hydrogen-bond donors (Lipinski definition) is 1. The molecule has 0 aliphatic carbocycles. The first-order valence-electron chi connectivity index (χ1n) is 8.35. The first-order valence-corrected chi connectivity index (χ1v) is 8.35. The Balaban J connectivity index is 1.82.